The highest BCUT2D eigenvalue weighted by Crippen LogP contribution is 2.16. The van der Waals surface area contributed by atoms with E-state index in [0.717, 1.165) is 6.54 Å². The number of aromatic nitrogens is 2. The maximum absolute atomic E-state index is 11.6. The highest BCUT2D eigenvalue weighted by molar-refractivity contribution is 5.91. The van der Waals surface area contributed by atoms with Crippen molar-refractivity contribution in [2.45, 2.75) is 13.5 Å². The SMILES string of the molecule is CCOC(=O)c1cn(CCN(C)C)nc1OC. The van der Waals surface area contributed by atoms with E-state index in [2.05, 4.69) is 5.10 Å². The van der Waals surface area contributed by atoms with E-state index in [0.29, 0.717) is 24.6 Å². The van der Waals surface area contributed by atoms with Crippen LogP contribution in [0.2, 0.25) is 0 Å². The van der Waals surface area contributed by atoms with Gasteiger partial charge in [0.25, 0.3) is 0 Å². The summed E-state index contributed by atoms with van der Waals surface area (Å²) in [7, 11) is 5.45. The standard InChI is InChI=1S/C11H19N3O3/c1-5-17-11(15)9-8-14(7-6-13(2)3)12-10(9)16-4/h8H,5-7H2,1-4H3. The molecule has 0 spiro atoms. The molecule has 1 rings (SSSR count). The molecule has 0 aromatic carbocycles. The van der Waals surface area contributed by atoms with E-state index in [-0.39, 0.29) is 0 Å². The van der Waals surface area contributed by atoms with E-state index >= 15 is 0 Å². The fourth-order valence-electron chi connectivity index (χ4n) is 1.32. The van der Waals surface area contributed by atoms with Gasteiger partial charge in [-0.1, -0.05) is 0 Å². The lowest BCUT2D eigenvalue weighted by atomic mass is 10.3. The van der Waals surface area contributed by atoms with E-state index in [1.165, 1.54) is 7.11 Å². The molecular formula is C11H19N3O3. The van der Waals surface area contributed by atoms with Crippen molar-refractivity contribution in [1.82, 2.24) is 14.7 Å². The van der Waals surface area contributed by atoms with Crippen LogP contribution < -0.4 is 4.74 Å². The van der Waals surface area contributed by atoms with Crippen LogP contribution in [0.1, 0.15) is 17.3 Å². The number of carbonyl (C=O) groups excluding carboxylic acids is 1. The summed E-state index contributed by atoms with van der Waals surface area (Å²) >= 11 is 0. The molecule has 0 fully saturated rings. The van der Waals surface area contributed by atoms with Gasteiger partial charge in [-0.3, -0.25) is 4.68 Å². The first-order valence-corrected chi connectivity index (χ1v) is 5.51. The number of likely N-dealkylation sites (N-methyl/N-ethyl adjacent to an activating group) is 1. The summed E-state index contributed by atoms with van der Waals surface area (Å²) in [6.45, 7) is 3.64. The van der Waals surface area contributed by atoms with Crippen molar-refractivity contribution in [1.29, 1.82) is 0 Å². The smallest absolute Gasteiger partial charge is 0.345 e. The molecule has 17 heavy (non-hydrogen) atoms. The summed E-state index contributed by atoms with van der Waals surface area (Å²) in [6, 6.07) is 0. The van der Waals surface area contributed by atoms with Gasteiger partial charge in [-0.2, -0.15) is 0 Å². The van der Waals surface area contributed by atoms with Gasteiger partial charge in [-0.05, 0) is 21.0 Å². The molecule has 0 N–H and O–H groups in total. The van der Waals surface area contributed by atoms with Gasteiger partial charge in [0.15, 0.2) is 0 Å². The highest BCUT2D eigenvalue weighted by Gasteiger charge is 2.18. The molecule has 96 valence electrons. The van der Waals surface area contributed by atoms with E-state index < -0.39 is 5.97 Å². The minimum absolute atomic E-state index is 0.308. The minimum Gasteiger partial charge on any atom is -0.479 e. The number of nitrogens with zero attached hydrogens (tertiary/aromatic N) is 3. The molecule has 0 bridgehead atoms. The molecule has 0 saturated carbocycles. The van der Waals surface area contributed by atoms with Gasteiger partial charge in [0.1, 0.15) is 5.56 Å². The number of hydrogen-bond donors (Lipinski definition) is 0. The molecule has 0 saturated heterocycles. The molecule has 1 aromatic heterocycles. The predicted molar refractivity (Wildman–Crippen MR) is 63.3 cm³/mol. The van der Waals surface area contributed by atoms with Crippen molar-refractivity contribution in [3.63, 3.8) is 0 Å². The normalized spacial score (nSPS) is 10.6. The van der Waals surface area contributed by atoms with E-state index in [1.807, 2.05) is 19.0 Å². The highest BCUT2D eigenvalue weighted by atomic mass is 16.5. The topological polar surface area (TPSA) is 56.6 Å². The van der Waals surface area contributed by atoms with Crippen molar-refractivity contribution in [2.24, 2.45) is 0 Å². The molecule has 6 heteroatoms. The zero-order valence-corrected chi connectivity index (χ0v) is 10.8. The van der Waals surface area contributed by atoms with Gasteiger partial charge >= 0.3 is 5.97 Å². The number of carbonyl (C=O) groups is 1. The van der Waals surface area contributed by atoms with E-state index in [1.54, 1.807) is 17.8 Å². The third-order valence-electron chi connectivity index (χ3n) is 2.19. The van der Waals surface area contributed by atoms with Gasteiger partial charge in [0, 0.05) is 12.7 Å². The second-order valence-corrected chi connectivity index (χ2v) is 3.84. The van der Waals surface area contributed by atoms with Gasteiger partial charge < -0.3 is 14.4 Å². The largest absolute Gasteiger partial charge is 0.479 e. The quantitative estimate of drug-likeness (QED) is 0.684. The van der Waals surface area contributed by atoms with Crippen LogP contribution in [0.15, 0.2) is 6.20 Å². The van der Waals surface area contributed by atoms with Gasteiger partial charge in [0.2, 0.25) is 5.88 Å². The molecule has 0 unspecified atom stereocenters. The second-order valence-electron chi connectivity index (χ2n) is 3.84. The first kappa shape index (κ1) is 13.5. The summed E-state index contributed by atoms with van der Waals surface area (Å²) in [5.41, 5.74) is 0.369. The Labute approximate surface area is 101 Å². The van der Waals surface area contributed by atoms with Crippen molar-refractivity contribution in [2.75, 3.05) is 34.4 Å². The fourth-order valence-corrected chi connectivity index (χ4v) is 1.32. The molecule has 6 nitrogen and oxygen atoms in total. The van der Waals surface area contributed by atoms with Crippen LogP contribution in [0.3, 0.4) is 0 Å². The molecule has 0 atom stereocenters. The Morgan fingerprint density at radius 3 is 2.76 bits per heavy atom. The average molecular weight is 241 g/mol. The second kappa shape index (κ2) is 6.24. The number of esters is 1. The molecule has 0 radical (unpaired) electrons. The first-order chi connectivity index (χ1) is 8.08. The molecule has 1 aromatic rings. The van der Waals surface area contributed by atoms with Gasteiger partial charge in [-0.15, -0.1) is 5.10 Å². The summed E-state index contributed by atoms with van der Waals surface area (Å²) in [4.78, 5) is 13.6. The Morgan fingerprint density at radius 1 is 1.53 bits per heavy atom. The van der Waals surface area contributed by atoms with Gasteiger partial charge in [-0.25, -0.2) is 4.79 Å². The average Bonchev–Trinajstić information content (AvgIpc) is 2.70. The minimum atomic E-state index is -0.402. The van der Waals surface area contributed by atoms with E-state index in [9.17, 15) is 4.79 Å². The zero-order valence-electron chi connectivity index (χ0n) is 10.8. The molecule has 0 aliphatic carbocycles. The third-order valence-corrected chi connectivity index (χ3v) is 2.19. The molecule has 0 amide bonds. The number of methoxy groups -OCH3 is 1. The molecule has 0 aliphatic heterocycles. The Balaban J connectivity index is 2.79. The summed E-state index contributed by atoms with van der Waals surface area (Å²) < 4.78 is 11.7. The summed E-state index contributed by atoms with van der Waals surface area (Å²) in [6.07, 6.45) is 1.65. The van der Waals surface area contributed by atoms with Crippen LogP contribution >= 0.6 is 0 Å². The van der Waals surface area contributed by atoms with E-state index in [4.69, 9.17) is 9.47 Å². The van der Waals surface area contributed by atoms with Gasteiger partial charge in [0.05, 0.1) is 20.3 Å². The van der Waals surface area contributed by atoms with Crippen LogP contribution in [0.4, 0.5) is 0 Å². The van der Waals surface area contributed by atoms with Crippen LogP contribution in [0.25, 0.3) is 0 Å². The van der Waals surface area contributed by atoms with Crippen molar-refractivity contribution >= 4 is 5.97 Å². The Hall–Kier alpha value is -1.56. The van der Waals surface area contributed by atoms with Crippen LogP contribution in [0, 0.1) is 0 Å². The van der Waals surface area contributed by atoms with Crippen molar-refractivity contribution in [3.8, 4) is 5.88 Å². The lowest BCUT2D eigenvalue weighted by Gasteiger charge is -2.08. The van der Waals surface area contributed by atoms with Crippen molar-refractivity contribution in [3.05, 3.63) is 11.8 Å². The Kier molecular flexibility index (Phi) is 4.96. The number of ether oxygens (including phenoxy) is 2. The first-order valence-electron chi connectivity index (χ1n) is 5.51. The monoisotopic (exact) mass is 241 g/mol. The summed E-state index contributed by atoms with van der Waals surface area (Å²) in [5.74, 6) is -0.0948. The lowest BCUT2D eigenvalue weighted by molar-refractivity contribution is 0.0522. The maximum Gasteiger partial charge on any atom is 0.345 e. The Morgan fingerprint density at radius 2 is 2.24 bits per heavy atom. The fraction of sp³-hybridized carbons (Fsp3) is 0.636. The summed E-state index contributed by atoms with van der Waals surface area (Å²) in [5, 5.41) is 4.17. The van der Waals surface area contributed by atoms with Crippen LogP contribution in [-0.4, -0.2) is 55.0 Å². The number of rotatable bonds is 6. The van der Waals surface area contributed by atoms with Crippen LogP contribution in [-0.2, 0) is 11.3 Å². The zero-order chi connectivity index (χ0) is 12.8. The molecule has 0 aliphatic rings. The maximum atomic E-state index is 11.6. The number of hydrogen-bond acceptors (Lipinski definition) is 5. The van der Waals surface area contributed by atoms with Crippen molar-refractivity contribution < 1.29 is 14.3 Å². The third kappa shape index (κ3) is 3.74. The lowest BCUT2D eigenvalue weighted by Crippen LogP contribution is -2.18. The molecular weight excluding hydrogens is 222 g/mol. The molecule has 1 heterocycles. The van der Waals surface area contributed by atoms with Crippen LogP contribution in [0.5, 0.6) is 5.88 Å². The predicted octanol–water partition coefficient (Wildman–Crippen LogP) is 0.630. The Bertz CT molecular complexity index is 374.